The SMILES string of the molecule is COc1ccccc1CC(C)N(Cc1ccccc1)C(=O)CNC(=O)CN. The Bertz CT molecular complexity index is 749. The summed E-state index contributed by atoms with van der Waals surface area (Å²) in [5, 5.41) is 2.56. The zero-order valence-corrected chi connectivity index (χ0v) is 15.9. The molecule has 1 unspecified atom stereocenters. The van der Waals surface area contributed by atoms with Gasteiger partial charge in [0.15, 0.2) is 0 Å². The number of ether oxygens (including phenoxy) is 1. The lowest BCUT2D eigenvalue weighted by Crippen LogP contribution is -2.45. The molecule has 144 valence electrons. The van der Waals surface area contributed by atoms with E-state index in [0.717, 1.165) is 16.9 Å². The molecule has 0 radical (unpaired) electrons. The lowest BCUT2D eigenvalue weighted by Gasteiger charge is -2.30. The number of amides is 2. The Labute approximate surface area is 160 Å². The number of benzene rings is 2. The number of nitrogens with two attached hydrogens (primary N) is 1. The summed E-state index contributed by atoms with van der Waals surface area (Å²) in [6.07, 6.45) is 0.646. The van der Waals surface area contributed by atoms with Gasteiger partial charge in [-0.2, -0.15) is 0 Å². The Hall–Kier alpha value is -2.86. The minimum absolute atomic E-state index is 0.0703. The number of nitrogens with one attached hydrogen (secondary N) is 1. The summed E-state index contributed by atoms with van der Waals surface area (Å²) in [7, 11) is 1.64. The highest BCUT2D eigenvalue weighted by Crippen LogP contribution is 2.21. The van der Waals surface area contributed by atoms with Crippen LogP contribution < -0.4 is 15.8 Å². The molecule has 0 aliphatic carbocycles. The largest absolute Gasteiger partial charge is 0.496 e. The third kappa shape index (κ3) is 6.11. The Kier molecular flexibility index (Phi) is 7.82. The summed E-state index contributed by atoms with van der Waals surface area (Å²) in [4.78, 5) is 26.0. The average Bonchev–Trinajstić information content (AvgIpc) is 2.71. The molecule has 6 heteroatoms. The van der Waals surface area contributed by atoms with Gasteiger partial charge in [0, 0.05) is 12.6 Å². The van der Waals surface area contributed by atoms with Crippen LogP contribution in [-0.4, -0.2) is 43.0 Å². The van der Waals surface area contributed by atoms with E-state index in [1.807, 2.05) is 61.5 Å². The minimum Gasteiger partial charge on any atom is -0.496 e. The Morgan fingerprint density at radius 1 is 1.11 bits per heavy atom. The van der Waals surface area contributed by atoms with Crippen molar-refractivity contribution in [3.8, 4) is 5.75 Å². The zero-order chi connectivity index (χ0) is 19.6. The molecule has 3 N–H and O–H groups in total. The average molecular weight is 369 g/mol. The fourth-order valence-corrected chi connectivity index (χ4v) is 2.92. The van der Waals surface area contributed by atoms with Crippen molar-refractivity contribution in [3.05, 3.63) is 65.7 Å². The van der Waals surface area contributed by atoms with Crippen molar-refractivity contribution in [2.24, 2.45) is 5.73 Å². The van der Waals surface area contributed by atoms with Crippen LogP contribution in [0, 0.1) is 0 Å². The van der Waals surface area contributed by atoms with Crippen LogP contribution in [0.25, 0.3) is 0 Å². The first kappa shape index (κ1) is 20.5. The molecule has 0 aliphatic rings. The van der Waals surface area contributed by atoms with E-state index >= 15 is 0 Å². The first-order valence-electron chi connectivity index (χ1n) is 8.97. The number of carbonyl (C=O) groups is 2. The van der Waals surface area contributed by atoms with Gasteiger partial charge >= 0.3 is 0 Å². The standard InChI is InChI=1S/C21H27N3O3/c1-16(12-18-10-6-7-11-19(18)27-2)24(15-17-8-4-3-5-9-17)21(26)14-23-20(25)13-22/h3-11,16H,12-15,22H2,1-2H3,(H,23,25). The molecule has 1 atom stereocenters. The molecule has 2 aromatic rings. The van der Waals surface area contributed by atoms with Gasteiger partial charge in [-0.25, -0.2) is 0 Å². The van der Waals surface area contributed by atoms with E-state index < -0.39 is 0 Å². The summed E-state index contributed by atoms with van der Waals surface area (Å²) >= 11 is 0. The van der Waals surface area contributed by atoms with Crippen molar-refractivity contribution in [2.45, 2.75) is 25.9 Å². The molecule has 2 aromatic carbocycles. The summed E-state index contributed by atoms with van der Waals surface area (Å²) in [5.41, 5.74) is 7.36. The van der Waals surface area contributed by atoms with Gasteiger partial charge in [-0.3, -0.25) is 9.59 Å². The van der Waals surface area contributed by atoms with Gasteiger partial charge in [-0.1, -0.05) is 48.5 Å². The summed E-state index contributed by atoms with van der Waals surface area (Å²) < 4.78 is 5.42. The van der Waals surface area contributed by atoms with Crippen LogP contribution in [0.4, 0.5) is 0 Å². The smallest absolute Gasteiger partial charge is 0.242 e. The van der Waals surface area contributed by atoms with E-state index in [2.05, 4.69) is 5.32 Å². The van der Waals surface area contributed by atoms with Crippen LogP contribution in [0.5, 0.6) is 5.75 Å². The van der Waals surface area contributed by atoms with Crippen LogP contribution in [0.3, 0.4) is 0 Å². The van der Waals surface area contributed by atoms with Crippen molar-refractivity contribution >= 4 is 11.8 Å². The molecule has 0 heterocycles. The van der Waals surface area contributed by atoms with Gasteiger partial charge in [0.2, 0.25) is 11.8 Å². The Morgan fingerprint density at radius 2 is 1.78 bits per heavy atom. The normalized spacial score (nSPS) is 11.5. The molecule has 0 spiro atoms. The predicted molar refractivity (Wildman–Crippen MR) is 105 cm³/mol. The van der Waals surface area contributed by atoms with Crippen molar-refractivity contribution in [1.82, 2.24) is 10.2 Å². The van der Waals surface area contributed by atoms with Crippen molar-refractivity contribution in [2.75, 3.05) is 20.2 Å². The molecular weight excluding hydrogens is 342 g/mol. The van der Waals surface area contributed by atoms with Gasteiger partial charge in [0.25, 0.3) is 0 Å². The predicted octanol–water partition coefficient (Wildman–Crippen LogP) is 1.73. The number of hydrogen-bond acceptors (Lipinski definition) is 4. The first-order valence-corrected chi connectivity index (χ1v) is 8.97. The molecule has 0 bridgehead atoms. The maximum atomic E-state index is 12.8. The molecule has 27 heavy (non-hydrogen) atoms. The second kappa shape index (κ2) is 10.3. The van der Waals surface area contributed by atoms with Crippen molar-refractivity contribution in [1.29, 1.82) is 0 Å². The van der Waals surface area contributed by atoms with Crippen molar-refractivity contribution < 1.29 is 14.3 Å². The van der Waals surface area contributed by atoms with Gasteiger partial charge in [0.05, 0.1) is 20.2 Å². The van der Waals surface area contributed by atoms with Gasteiger partial charge in [-0.15, -0.1) is 0 Å². The fraction of sp³-hybridized carbons (Fsp3) is 0.333. The Morgan fingerprint density at radius 3 is 2.44 bits per heavy atom. The van der Waals surface area contributed by atoms with E-state index in [9.17, 15) is 9.59 Å². The number of para-hydroxylation sites is 1. The van der Waals surface area contributed by atoms with Crippen LogP contribution in [0.1, 0.15) is 18.1 Å². The van der Waals surface area contributed by atoms with E-state index in [-0.39, 0.29) is 30.9 Å². The second-order valence-corrected chi connectivity index (χ2v) is 6.35. The molecule has 0 aromatic heterocycles. The first-order chi connectivity index (χ1) is 13.0. The Balaban J connectivity index is 2.16. The van der Waals surface area contributed by atoms with Crippen LogP contribution in [0.2, 0.25) is 0 Å². The van der Waals surface area contributed by atoms with Crippen LogP contribution in [-0.2, 0) is 22.6 Å². The molecule has 2 rings (SSSR count). The number of rotatable bonds is 9. The van der Waals surface area contributed by atoms with E-state index in [0.29, 0.717) is 13.0 Å². The number of methoxy groups -OCH3 is 1. The molecule has 6 nitrogen and oxygen atoms in total. The van der Waals surface area contributed by atoms with E-state index in [4.69, 9.17) is 10.5 Å². The maximum Gasteiger partial charge on any atom is 0.242 e. The van der Waals surface area contributed by atoms with Gasteiger partial charge in [-0.05, 0) is 30.5 Å². The summed E-state index contributed by atoms with van der Waals surface area (Å²) in [6, 6.07) is 17.5. The monoisotopic (exact) mass is 369 g/mol. The maximum absolute atomic E-state index is 12.8. The summed E-state index contributed by atoms with van der Waals surface area (Å²) in [5.74, 6) is 0.302. The quantitative estimate of drug-likeness (QED) is 0.705. The van der Waals surface area contributed by atoms with Gasteiger partial charge in [0.1, 0.15) is 5.75 Å². The van der Waals surface area contributed by atoms with Crippen LogP contribution in [0.15, 0.2) is 54.6 Å². The lowest BCUT2D eigenvalue weighted by molar-refractivity contribution is -0.134. The van der Waals surface area contributed by atoms with E-state index in [1.165, 1.54) is 0 Å². The highest BCUT2D eigenvalue weighted by atomic mass is 16.5. The molecular formula is C21H27N3O3. The second-order valence-electron chi connectivity index (χ2n) is 6.35. The third-order valence-electron chi connectivity index (χ3n) is 4.38. The molecule has 0 saturated carbocycles. The van der Waals surface area contributed by atoms with Gasteiger partial charge < -0.3 is 20.7 Å². The number of hydrogen-bond donors (Lipinski definition) is 2. The molecule has 0 aliphatic heterocycles. The topological polar surface area (TPSA) is 84.7 Å². The van der Waals surface area contributed by atoms with Crippen molar-refractivity contribution in [3.63, 3.8) is 0 Å². The highest BCUT2D eigenvalue weighted by Gasteiger charge is 2.22. The summed E-state index contributed by atoms with van der Waals surface area (Å²) in [6.45, 7) is 2.26. The third-order valence-corrected chi connectivity index (χ3v) is 4.38. The molecule has 2 amide bonds. The minimum atomic E-state index is -0.347. The molecule has 0 fully saturated rings. The fourth-order valence-electron chi connectivity index (χ4n) is 2.92. The molecule has 0 saturated heterocycles. The van der Waals surface area contributed by atoms with Crippen LogP contribution >= 0.6 is 0 Å². The number of carbonyl (C=O) groups excluding carboxylic acids is 2. The lowest BCUT2D eigenvalue weighted by atomic mass is 10.0. The zero-order valence-electron chi connectivity index (χ0n) is 15.9. The highest BCUT2D eigenvalue weighted by molar-refractivity contribution is 5.85. The number of nitrogens with zero attached hydrogens (tertiary/aromatic N) is 1. The van der Waals surface area contributed by atoms with E-state index in [1.54, 1.807) is 12.0 Å².